The van der Waals surface area contributed by atoms with E-state index in [9.17, 15) is 14.7 Å². The number of carbonyl (C=O) groups is 2. The van der Waals surface area contributed by atoms with Crippen molar-refractivity contribution >= 4 is 27.7 Å². The molecule has 0 unspecified atom stereocenters. The average molecular weight is 355 g/mol. The van der Waals surface area contributed by atoms with Crippen LogP contribution in [0.3, 0.4) is 0 Å². The van der Waals surface area contributed by atoms with Gasteiger partial charge in [0.25, 0.3) is 5.91 Å². The number of nitrogens with zero attached hydrogens (tertiary/aromatic N) is 1. The highest BCUT2D eigenvalue weighted by Gasteiger charge is 2.44. The third-order valence-electron chi connectivity index (χ3n) is 3.81. The van der Waals surface area contributed by atoms with Crippen molar-refractivity contribution in [1.82, 2.24) is 10.2 Å². The van der Waals surface area contributed by atoms with Crippen LogP contribution >= 0.6 is 15.9 Å². The van der Waals surface area contributed by atoms with Crippen molar-refractivity contribution in [3.8, 4) is 0 Å². The SMILES string of the molecule is CC(C)C1(O)CN(CC(=O)NC(=O)c2ccccc2Br)C1. The van der Waals surface area contributed by atoms with Crippen LogP contribution in [0.4, 0.5) is 0 Å². The third kappa shape index (κ3) is 3.70. The van der Waals surface area contributed by atoms with Crippen LogP contribution in [0.2, 0.25) is 0 Å². The van der Waals surface area contributed by atoms with Crippen LogP contribution in [-0.4, -0.2) is 47.1 Å². The predicted molar refractivity (Wildman–Crippen MR) is 82.8 cm³/mol. The molecule has 1 aromatic carbocycles. The Morgan fingerprint density at radius 2 is 2.00 bits per heavy atom. The van der Waals surface area contributed by atoms with E-state index in [1.54, 1.807) is 24.3 Å². The highest BCUT2D eigenvalue weighted by molar-refractivity contribution is 9.10. The number of nitrogens with one attached hydrogen (secondary N) is 1. The van der Waals surface area contributed by atoms with E-state index in [1.807, 2.05) is 18.7 Å². The molecule has 0 aromatic heterocycles. The van der Waals surface area contributed by atoms with E-state index in [-0.39, 0.29) is 18.4 Å². The van der Waals surface area contributed by atoms with Gasteiger partial charge in [0.15, 0.2) is 0 Å². The Bertz CT molecular complexity index is 554. The fraction of sp³-hybridized carbons (Fsp3) is 0.467. The highest BCUT2D eigenvalue weighted by atomic mass is 79.9. The fourth-order valence-corrected chi connectivity index (χ4v) is 2.75. The van der Waals surface area contributed by atoms with Gasteiger partial charge in [0, 0.05) is 17.6 Å². The van der Waals surface area contributed by atoms with E-state index in [0.29, 0.717) is 23.1 Å². The van der Waals surface area contributed by atoms with Crippen LogP contribution in [0.5, 0.6) is 0 Å². The fourth-order valence-electron chi connectivity index (χ4n) is 2.29. The number of likely N-dealkylation sites (tertiary alicyclic amines) is 1. The van der Waals surface area contributed by atoms with Crippen LogP contribution in [-0.2, 0) is 4.79 Å². The lowest BCUT2D eigenvalue weighted by atomic mass is 9.83. The summed E-state index contributed by atoms with van der Waals surface area (Å²) in [6.07, 6.45) is 0. The second-order valence-electron chi connectivity index (χ2n) is 5.76. The predicted octanol–water partition coefficient (Wildman–Crippen LogP) is 1.41. The molecule has 2 amide bonds. The molecule has 1 aliphatic heterocycles. The van der Waals surface area contributed by atoms with Crippen LogP contribution in [0.15, 0.2) is 28.7 Å². The van der Waals surface area contributed by atoms with E-state index in [1.165, 1.54) is 0 Å². The molecule has 1 aliphatic rings. The molecule has 114 valence electrons. The number of imide groups is 1. The highest BCUT2D eigenvalue weighted by Crippen LogP contribution is 2.27. The second kappa shape index (κ2) is 6.25. The van der Waals surface area contributed by atoms with Crippen molar-refractivity contribution in [3.63, 3.8) is 0 Å². The molecule has 2 rings (SSSR count). The minimum absolute atomic E-state index is 0.116. The minimum atomic E-state index is -0.716. The number of β-amino-alcohol motifs (C(OH)–C–C–N with tert-alkyl or cyclic N) is 1. The third-order valence-corrected chi connectivity index (χ3v) is 4.50. The number of halogens is 1. The Kier molecular flexibility index (Phi) is 4.81. The van der Waals surface area contributed by atoms with E-state index in [4.69, 9.17) is 0 Å². The van der Waals surface area contributed by atoms with Crippen molar-refractivity contribution in [2.24, 2.45) is 5.92 Å². The van der Waals surface area contributed by atoms with Crippen LogP contribution in [0.25, 0.3) is 0 Å². The summed E-state index contributed by atoms with van der Waals surface area (Å²) < 4.78 is 0.647. The first-order valence-electron chi connectivity index (χ1n) is 6.85. The first-order valence-corrected chi connectivity index (χ1v) is 7.64. The summed E-state index contributed by atoms with van der Waals surface area (Å²) in [4.78, 5) is 25.6. The van der Waals surface area contributed by atoms with Crippen LogP contribution < -0.4 is 5.32 Å². The summed E-state index contributed by atoms with van der Waals surface area (Å²) in [7, 11) is 0. The quantitative estimate of drug-likeness (QED) is 0.857. The van der Waals surface area contributed by atoms with Gasteiger partial charge in [-0.15, -0.1) is 0 Å². The van der Waals surface area contributed by atoms with Gasteiger partial charge in [-0.25, -0.2) is 0 Å². The number of rotatable bonds is 4. The average Bonchev–Trinajstić information content (AvgIpc) is 2.36. The molecule has 0 saturated carbocycles. The molecule has 0 aliphatic carbocycles. The molecular weight excluding hydrogens is 336 g/mol. The van der Waals surface area contributed by atoms with Gasteiger partial charge in [-0.1, -0.05) is 26.0 Å². The molecule has 1 aromatic rings. The lowest BCUT2D eigenvalue weighted by molar-refractivity contribution is -0.141. The molecular formula is C15H19BrN2O3. The standard InChI is InChI=1S/C15H19BrN2O3/c1-10(2)15(21)8-18(9-15)7-13(19)17-14(20)11-5-3-4-6-12(11)16/h3-6,10,21H,7-9H2,1-2H3,(H,17,19,20). The van der Waals surface area contributed by atoms with Crippen molar-refractivity contribution in [2.75, 3.05) is 19.6 Å². The second-order valence-corrected chi connectivity index (χ2v) is 6.61. The van der Waals surface area contributed by atoms with Gasteiger partial charge in [-0.3, -0.25) is 19.8 Å². The van der Waals surface area contributed by atoms with Gasteiger partial charge in [-0.2, -0.15) is 0 Å². The summed E-state index contributed by atoms with van der Waals surface area (Å²) in [5, 5.41) is 12.5. The first-order chi connectivity index (χ1) is 9.82. The summed E-state index contributed by atoms with van der Waals surface area (Å²) in [5.74, 6) is -0.632. The van der Waals surface area contributed by atoms with Crippen LogP contribution in [0.1, 0.15) is 24.2 Å². The molecule has 1 fully saturated rings. The summed E-state index contributed by atoms with van der Waals surface area (Å²) >= 11 is 3.28. The Morgan fingerprint density at radius 1 is 1.38 bits per heavy atom. The minimum Gasteiger partial charge on any atom is -0.387 e. The smallest absolute Gasteiger partial charge is 0.259 e. The molecule has 6 heteroatoms. The summed E-state index contributed by atoms with van der Waals surface area (Å²) in [5.41, 5.74) is -0.291. The molecule has 2 N–H and O–H groups in total. The van der Waals surface area contributed by atoms with E-state index < -0.39 is 11.5 Å². The van der Waals surface area contributed by atoms with Gasteiger partial charge in [0.1, 0.15) is 0 Å². The monoisotopic (exact) mass is 354 g/mol. The normalized spacial score (nSPS) is 17.4. The maximum Gasteiger partial charge on any atom is 0.259 e. The van der Waals surface area contributed by atoms with Gasteiger partial charge in [0.05, 0.1) is 17.7 Å². The number of hydrogen-bond donors (Lipinski definition) is 2. The molecule has 1 saturated heterocycles. The maximum absolute atomic E-state index is 12.0. The van der Waals surface area contributed by atoms with E-state index in [2.05, 4.69) is 21.2 Å². The molecule has 0 radical (unpaired) electrons. The van der Waals surface area contributed by atoms with E-state index in [0.717, 1.165) is 0 Å². The molecule has 1 heterocycles. The maximum atomic E-state index is 12.0. The lowest BCUT2D eigenvalue weighted by Gasteiger charge is -2.48. The van der Waals surface area contributed by atoms with Gasteiger partial charge in [0.2, 0.25) is 5.91 Å². The van der Waals surface area contributed by atoms with Gasteiger partial charge in [-0.05, 0) is 34.0 Å². The van der Waals surface area contributed by atoms with Gasteiger partial charge >= 0.3 is 0 Å². The Labute approximate surface area is 132 Å². The van der Waals surface area contributed by atoms with Crippen LogP contribution in [0, 0.1) is 5.92 Å². The Balaban J connectivity index is 1.84. The van der Waals surface area contributed by atoms with E-state index >= 15 is 0 Å². The summed E-state index contributed by atoms with van der Waals surface area (Å²) in [6.45, 7) is 4.94. The molecule has 0 spiro atoms. The molecule has 21 heavy (non-hydrogen) atoms. The number of carbonyl (C=O) groups excluding carboxylic acids is 2. The zero-order valence-electron chi connectivity index (χ0n) is 12.1. The van der Waals surface area contributed by atoms with Crippen molar-refractivity contribution in [2.45, 2.75) is 19.4 Å². The number of amides is 2. The number of hydrogen-bond acceptors (Lipinski definition) is 4. The lowest BCUT2D eigenvalue weighted by Crippen LogP contribution is -2.65. The number of benzene rings is 1. The van der Waals surface area contributed by atoms with Crippen molar-refractivity contribution in [1.29, 1.82) is 0 Å². The first kappa shape index (κ1) is 16.1. The topological polar surface area (TPSA) is 69.6 Å². The Morgan fingerprint density at radius 3 is 2.57 bits per heavy atom. The molecule has 0 bridgehead atoms. The Hall–Kier alpha value is -1.24. The summed E-state index contributed by atoms with van der Waals surface area (Å²) in [6, 6.07) is 6.93. The zero-order chi connectivity index (χ0) is 15.6. The molecule has 5 nitrogen and oxygen atoms in total. The van der Waals surface area contributed by atoms with Gasteiger partial charge < -0.3 is 5.11 Å². The van der Waals surface area contributed by atoms with Crippen molar-refractivity contribution < 1.29 is 14.7 Å². The zero-order valence-corrected chi connectivity index (χ0v) is 13.7. The number of aliphatic hydroxyl groups is 1. The largest absolute Gasteiger partial charge is 0.387 e. The molecule has 0 atom stereocenters. The van der Waals surface area contributed by atoms with Crippen molar-refractivity contribution in [3.05, 3.63) is 34.3 Å².